The van der Waals surface area contributed by atoms with Crippen LogP contribution >= 0.6 is 0 Å². The van der Waals surface area contributed by atoms with Crippen molar-refractivity contribution in [2.75, 3.05) is 0 Å². The van der Waals surface area contributed by atoms with E-state index in [0.717, 1.165) is 0 Å². The van der Waals surface area contributed by atoms with Crippen LogP contribution in [0.5, 0.6) is 0 Å². The second kappa shape index (κ2) is 9.82. The summed E-state index contributed by atoms with van der Waals surface area (Å²) in [6.45, 7) is 0. The van der Waals surface area contributed by atoms with Gasteiger partial charge in [0.1, 0.15) is 0 Å². The molecule has 0 aliphatic heterocycles. The zero-order valence-corrected chi connectivity index (χ0v) is 25.1. The number of benzene rings is 8. The van der Waals surface area contributed by atoms with E-state index in [-0.39, 0.29) is 14.5 Å². The van der Waals surface area contributed by atoms with Crippen molar-refractivity contribution in [3.8, 4) is 33.4 Å². The molecule has 9 rings (SSSR count). The molecule has 0 unspecified atom stereocenters. The van der Waals surface area contributed by atoms with Crippen molar-refractivity contribution >= 4 is 66.1 Å². The molecule has 9 aromatic rings. The molecule has 0 nitrogen and oxygen atoms in total. The Labute approximate surface area is 256 Å². The molecule has 0 aliphatic rings. The van der Waals surface area contributed by atoms with E-state index in [9.17, 15) is 0 Å². The summed E-state index contributed by atoms with van der Waals surface area (Å²) in [6.07, 6.45) is 0. The Hall–Kier alpha value is -4.94. The van der Waals surface area contributed by atoms with Crippen LogP contribution in [0.2, 0.25) is 0 Å². The zero-order valence-electron chi connectivity index (χ0n) is 23.4. The minimum atomic E-state index is 0.275. The molecule has 0 fully saturated rings. The van der Waals surface area contributed by atoms with E-state index in [0.29, 0.717) is 0 Å². The maximum atomic E-state index is 2.40. The molecule has 0 bridgehead atoms. The molecule has 8 aromatic carbocycles. The van der Waals surface area contributed by atoms with E-state index in [2.05, 4.69) is 158 Å². The second-order valence-corrected chi connectivity index (χ2v) is 13.5. The summed E-state index contributed by atoms with van der Waals surface area (Å²) in [4.78, 5) is 0. The van der Waals surface area contributed by atoms with E-state index in [1.54, 1.807) is 0 Å². The fraction of sp³-hybridized carbons (Fsp3) is 0. The molecule has 1 heterocycles. The van der Waals surface area contributed by atoms with Gasteiger partial charge in [-0.1, -0.05) is 0 Å². The number of hydrogen-bond acceptors (Lipinski definition) is 0. The molecule has 0 radical (unpaired) electrons. The van der Waals surface area contributed by atoms with Gasteiger partial charge in [-0.25, -0.2) is 0 Å². The average molecular weight is 610 g/mol. The van der Waals surface area contributed by atoms with Gasteiger partial charge in [-0.3, -0.25) is 0 Å². The van der Waals surface area contributed by atoms with Gasteiger partial charge in [-0.2, -0.15) is 0 Å². The van der Waals surface area contributed by atoms with E-state index in [1.807, 2.05) is 0 Å². The van der Waals surface area contributed by atoms with Crippen molar-refractivity contribution < 1.29 is 0 Å². The number of rotatable bonds is 3. The van der Waals surface area contributed by atoms with Crippen LogP contribution in [0.4, 0.5) is 0 Å². The summed E-state index contributed by atoms with van der Waals surface area (Å²) >= 11 is 0.275. The van der Waals surface area contributed by atoms with Gasteiger partial charge in [-0.15, -0.1) is 0 Å². The molecule has 0 saturated heterocycles. The molecule has 0 saturated carbocycles. The minimum absolute atomic E-state index is 0.275. The Morgan fingerprint density at radius 1 is 0.279 bits per heavy atom. The molecular weight excluding hydrogens is 583 g/mol. The Kier molecular flexibility index (Phi) is 5.63. The fourth-order valence-corrected chi connectivity index (χ4v) is 9.41. The van der Waals surface area contributed by atoms with Crippen molar-refractivity contribution in [1.29, 1.82) is 0 Å². The van der Waals surface area contributed by atoms with Crippen molar-refractivity contribution in [2.45, 2.75) is 0 Å². The summed E-state index contributed by atoms with van der Waals surface area (Å²) in [5, 5.41) is 10.7. The topological polar surface area (TPSA) is 0 Å². The molecule has 0 aliphatic carbocycles. The quantitative estimate of drug-likeness (QED) is 0.138. The zero-order chi connectivity index (χ0) is 28.3. The summed E-state index contributed by atoms with van der Waals surface area (Å²) in [6, 6.07) is 58.3. The standard InChI is InChI=1S/C42H26Se/c1-2-13-27(14-3-1)28-15-4-5-16-29(28)35-25-26-39-42(36-21-10-11-24-38(36)43-39)41(35)37-23-12-22-34-32-18-7-6-17-30(32)31-19-8-9-20-33(31)40(34)37/h1-26H. The van der Waals surface area contributed by atoms with Gasteiger partial charge in [0.05, 0.1) is 0 Å². The van der Waals surface area contributed by atoms with Crippen LogP contribution in [0.1, 0.15) is 0 Å². The Bertz CT molecular complexity index is 2450. The van der Waals surface area contributed by atoms with Gasteiger partial charge in [-0.05, 0) is 0 Å². The molecule has 43 heavy (non-hydrogen) atoms. The Morgan fingerprint density at radius 2 is 0.814 bits per heavy atom. The molecular formula is C42H26Se. The summed E-state index contributed by atoms with van der Waals surface area (Å²) < 4.78 is 2.93. The fourth-order valence-electron chi connectivity index (χ4n) is 7.07. The third-order valence-electron chi connectivity index (χ3n) is 8.88. The summed E-state index contributed by atoms with van der Waals surface area (Å²) in [5.41, 5.74) is 7.71. The van der Waals surface area contributed by atoms with Crippen molar-refractivity contribution in [3.63, 3.8) is 0 Å². The van der Waals surface area contributed by atoms with Gasteiger partial charge in [0.25, 0.3) is 0 Å². The van der Waals surface area contributed by atoms with Crippen LogP contribution in [-0.2, 0) is 0 Å². The molecule has 1 heteroatoms. The van der Waals surface area contributed by atoms with E-state index < -0.39 is 0 Å². The summed E-state index contributed by atoms with van der Waals surface area (Å²) in [7, 11) is 0. The van der Waals surface area contributed by atoms with Crippen molar-refractivity contribution in [3.05, 3.63) is 158 Å². The molecule has 200 valence electrons. The van der Waals surface area contributed by atoms with Crippen molar-refractivity contribution in [1.82, 2.24) is 0 Å². The van der Waals surface area contributed by atoms with Crippen LogP contribution in [0.15, 0.2) is 158 Å². The number of fused-ring (bicyclic) bond motifs is 9. The monoisotopic (exact) mass is 610 g/mol. The van der Waals surface area contributed by atoms with Gasteiger partial charge < -0.3 is 0 Å². The third kappa shape index (κ3) is 3.76. The van der Waals surface area contributed by atoms with E-state index in [1.165, 1.54) is 85.0 Å². The van der Waals surface area contributed by atoms with Crippen LogP contribution < -0.4 is 0 Å². The summed E-state index contributed by atoms with van der Waals surface area (Å²) in [5.74, 6) is 0. The average Bonchev–Trinajstić information content (AvgIpc) is 3.47. The first kappa shape index (κ1) is 24.6. The molecule has 1 aromatic heterocycles. The van der Waals surface area contributed by atoms with Gasteiger partial charge in [0.2, 0.25) is 0 Å². The molecule has 0 N–H and O–H groups in total. The Morgan fingerprint density at radius 3 is 1.56 bits per heavy atom. The van der Waals surface area contributed by atoms with Crippen LogP contribution in [-0.4, -0.2) is 14.5 Å². The predicted molar refractivity (Wildman–Crippen MR) is 187 cm³/mol. The van der Waals surface area contributed by atoms with Crippen molar-refractivity contribution in [2.24, 2.45) is 0 Å². The first-order chi connectivity index (χ1) is 21.4. The predicted octanol–water partition coefficient (Wildman–Crippen LogP) is 11.5. The molecule has 0 spiro atoms. The first-order valence-corrected chi connectivity index (χ1v) is 16.5. The van der Waals surface area contributed by atoms with E-state index in [4.69, 9.17) is 0 Å². The Balaban J connectivity index is 1.50. The maximum absolute atomic E-state index is 2.40. The number of hydrogen-bond donors (Lipinski definition) is 0. The first-order valence-electron chi connectivity index (χ1n) is 14.8. The van der Waals surface area contributed by atoms with Gasteiger partial charge >= 0.3 is 257 Å². The van der Waals surface area contributed by atoms with E-state index >= 15 is 0 Å². The van der Waals surface area contributed by atoms with Gasteiger partial charge in [0, 0.05) is 0 Å². The van der Waals surface area contributed by atoms with Gasteiger partial charge in [0.15, 0.2) is 0 Å². The molecule has 0 atom stereocenters. The second-order valence-electron chi connectivity index (χ2n) is 11.2. The van der Waals surface area contributed by atoms with Crippen LogP contribution in [0, 0.1) is 0 Å². The van der Waals surface area contributed by atoms with Crippen LogP contribution in [0.3, 0.4) is 0 Å². The normalized spacial score (nSPS) is 11.7. The third-order valence-corrected chi connectivity index (χ3v) is 11.3. The van der Waals surface area contributed by atoms with Crippen LogP contribution in [0.25, 0.3) is 85.0 Å². The SMILES string of the molecule is c1ccc(-c2ccccc2-c2ccc3[se]c4ccccc4c3c2-c2cccc3c4ccccc4c4ccccc4c23)cc1. The molecule has 0 amide bonds.